The van der Waals surface area contributed by atoms with Gasteiger partial charge in [0.15, 0.2) is 0 Å². The zero-order valence-corrected chi connectivity index (χ0v) is 21.7. The fourth-order valence-electron chi connectivity index (χ4n) is 5.23. The molecule has 1 saturated heterocycles. The lowest BCUT2D eigenvalue weighted by Gasteiger charge is -2.32. The molecule has 4 heteroatoms. The quantitative estimate of drug-likeness (QED) is 0.228. The first kappa shape index (κ1) is 18.4. The van der Waals surface area contributed by atoms with E-state index in [-0.39, 0.29) is 17.6 Å². The highest BCUT2D eigenvalue weighted by molar-refractivity contribution is 6.66. The van der Waals surface area contributed by atoms with Crippen LogP contribution in [0.15, 0.2) is 107 Å². The number of fused-ring (bicyclic) bond motifs is 4. The summed E-state index contributed by atoms with van der Waals surface area (Å²) in [5.74, 6) is 0. The summed E-state index contributed by atoms with van der Waals surface area (Å²) in [6.07, 6.45) is 0. The summed E-state index contributed by atoms with van der Waals surface area (Å²) < 4.78 is 61.8. The van der Waals surface area contributed by atoms with Gasteiger partial charge in [0.25, 0.3) is 0 Å². The van der Waals surface area contributed by atoms with Crippen molar-refractivity contribution in [2.75, 3.05) is 0 Å². The van der Waals surface area contributed by atoms with Crippen LogP contribution in [0.2, 0.25) is 0 Å². The summed E-state index contributed by atoms with van der Waals surface area (Å²) in [7, 11) is -0.650. The molecule has 7 rings (SSSR count). The molecule has 3 nitrogen and oxygen atoms in total. The fourth-order valence-corrected chi connectivity index (χ4v) is 5.23. The van der Waals surface area contributed by atoms with Crippen molar-refractivity contribution in [2.45, 2.75) is 38.9 Å². The third-order valence-electron chi connectivity index (χ3n) is 7.99. The Kier molecular flexibility index (Phi) is 4.03. The zero-order valence-electron chi connectivity index (χ0n) is 26.7. The summed E-state index contributed by atoms with van der Waals surface area (Å²) in [6, 6.07) is 22.1. The molecule has 0 unspecified atom stereocenters. The van der Waals surface area contributed by atoms with Crippen LogP contribution >= 0.6 is 0 Å². The molecule has 1 aliphatic heterocycles. The Morgan fingerprint density at radius 1 is 0.684 bits per heavy atom. The van der Waals surface area contributed by atoms with E-state index >= 15 is 0 Å². The van der Waals surface area contributed by atoms with Gasteiger partial charge in [0.05, 0.1) is 18.1 Å². The smallest absolute Gasteiger partial charge is 0.455 e. The first-order chi connectivity index (χ1) is 20.4. The average Bonchev–Trinajstić information content (AvgIpc) is 3.47. The molecule has 0 radical (unpaired) electrons. The summed E-state index contributed by atoms with van der Waals surface area (Å²) in [4.78, 5) is 0. The van der Waals surface area contributed by atoms with Crippen LogP contribution in [-0.4, -0.2) is 18.3 Å². The lowest BCUT2D eigenvalue weighted by Crippen LogP contribution is -2.41. The van der Waals surface area contributed by atoms with Crippen LogP contribution in [0.25, 0.3) is 55.0 Å². The second-order valence-corrected chi connectivity index (χ2v) is 10.9. The molecular weight excluding hydrogens is 467 g/mol. The van der Waals surface area contributed by atoms with E-state index in [4.69, 9.17) is 20.6 Å². The Bertz CT molecular complexity index is 2070. The molecule has 0 N–H and O–H groups in total. The van der Waals surface area contributed by atoms with E-state index in [0.717, 1.165) is 38.1 Å². The molecule has 0 aliphatic carbocycles. The summed E-state index contributed by atoms with van der Waals surface area (Å²) in [6.45, 7) is 8.04. The van der Waals surface area contributed by atoms with Crippen LogP contribution < -0.4 is 5.46 Å². The highest BCUT2D eigenvalue weighted by atomic mass is 16.7. The third kappa shape index (κ3) is 3.59. The maximum Gasteiger partial charge on any atom is 0.495 e. The molecule has 0 bridgehead atoms. The molecule has 0 spiro atoms. The highest BCUT2D eigenvalue weighted by Crippen LogP contribution is 2.41. The Hall–Kier alpha value is -3.86. The molecule has 1 fully saturated rings. The molecular formula is C34H29BO3. The number of benzene rings is 5. The van der Waals surface area contributed by atoms with Crippen LogP contribution in [-0.2, 0) is 9.31 Å². The van der Waals surface area contributed by atoms with Gasteiger partial charge in [0.2, 0.25) is 0 Å². The van der Waals surface area contributed by atoms with E-state index in [0.29, 0.717) is 16.7 Å². The molecule has 1 aliphatic rings. The maximum absolute atomic E-state index is 8.78. The number of hydrogen-bond acceptors (Lipinski definition) is 3. The maximum atomic E-state index is 8.78. The Labute approximate surface area is 230 Å². The zero-order chi connectivity index (χ0) is 30.4. The Morgan fingerprint density at radius 3 is 2.18 bits per heavy atom. The van der Waals surface area contributed by atoms with Gasteiger partial charge in [-0.3, -0.25) is 0 Å². The minimum absolute atomic E-state index is 0.0925. The summed E-state index contributed by atoms with van der Waals surface area (Å²) in [5, 5.41) is 3.72. The molecule has 186 valence electrons. The van der Waals surface area contributed by atoms with E-state index in [9.17, 15) is 0 Å². The van der Waals surface area contributed by atoms with Gasteiger partial charge in [-0.25, -0.2) is 0 Å². The second kappa shape index (κ2) is 8.32. The van der Waals surface area contributed by atoms with Gasteiger partial charge in [-0.1, -0.05) is 78.7 Å². The van der Waals surface area contributed by atoms with Gasteiger partial charge in [-0.2, -0.15) is 0 Å². The van der Waals surface area contributed by atoms with E-state index in [1.807, 2.05) is 76.2 Å². The van der Waals surface area contributed by atoms with E-state index < -0.39 is 36.4 Å². The van der Waals surface area contributed by atoms with Gasteiger partial charge in [0.1, 0.15) is 11.2 Å². The summed E-state index contributed by atoms with van der Waals surface area (Å²) >= 11 is 0. The molecule has 1 aromatic heterocycles. The van der Waals surface area contributed by atoms with E-state index in [2.05, 4.69) is 24.3 Å². The van der Waals surface area contributed by atoms with Crippen LogP contribution in [0.1, 0.15) is 34.5 Å². The topological polar surface area (TPSA) is 31.6 Å². The second-order valence-electron chi connectivity index (χ2n) is 10.9. The standard InChI is InChI=1S/C34H29BO3/c1-33(2)34(3,4)38-35(37-33)29-15-10-16-30-31(29)28-21-26(25-18-17-22-11-8-9-14-24(22)19-25)20-27(32(28)36-30)23-12-6-5-7-13-23/h5-21H,1-4H3/i5D,6D,7D,12D,13D. The summed E-state index contributed by atoms with van der Waals surface area (Å²) in [5.41, 5.74) is 3.00. The van der Waals surface area contributed by atoms with Crippen molar-refractivity contribution in [3.63, 3.8) is 0 Å². The predicted molar refractivity (Wildman–Crippen MR) is 158 cm³/mol. The normalized spacial score (nSPS) is 18.4. The number of rotatable bonds is 3. The van der Waals surface area contributed by atoms with Crippen LogP contribution in [0.3, 0.4) is 0 Å². The monoisotopic (exact) mass is 501 g/mol. The first-order valence-electron chi connectivity index (χ1n) is 15.3. The van der Waals surface area contributed by atoms with Crippen molar-refractivity contribution in [2.24, 2.45) is 0 Å². The van der Waals surface area contributed by atoms with Crippen molar-refractivity contribution in [3.8, 4) is 22.3 Å². The van der Waals surface area contributed by atoms with Crippen molar-refractivity contribution >= 4 is 45.3 Å². The van der Waals surface area contributed by atoms with Crippen LogP contribution in [0.4, 0.5) is 0 Å². The Balaban J connectivity index is 1.57. The average molecular weight is 501 g/mol. The molecule has 5 aromatic carbocycles. The minimum atomic E-state index is -0.650. The lowest BCUT2D eigenvalue weighted by molar-refractivity contribution is 0.00578. The Morgan fingerprint density at radius 2 is 1.42 bits per heavy atom. The predicted octanol–water partition coefficient (Wildman–Crippen LogP) is 8.37. The van der Waals surface area contributed by atoms with Gasteiger partial charge < -0.3 is 13.7 Å². The molecule has 6 aromatic rings. The van der Waals surface area contributed by atoms with E-state index in [1.54, 1.807) is 0 Å². The minimum Gasteiger partial charge on any atom is -0.455 e. The van der Waals surface area contributed by atoms with Gasteiger partial charge in [-0.05, 0) is 84.9 Å². The molecule has 38 heavy (non-hydrogen) atoms. The molecule has 0 atom stereocenters. The SMILES string of the molecule is [2H]c1c([2H])c([2H])c(-c2cc(-c3ccc4ccccc4c3)cc3c2oc2cccc(B4OC(C)(C)C(C)(C)O4)c23)c([2H])c1[2H]. The lowest BCUT2D eigenvalue weighted by atomic mass is 9.76. The van der Waals surface area contributed by atoms with Gasteiger partial charge >= 0.3 is 7.12 Å². The van der Waals surface area contributed by atoms with Crippen LogP contribution in [0.5, 0.6) is 0 Å². The number of furan rings is 1. The largest absolute Gasteiger partial charge is 0.495 e. The number of hydrogen-bond donors (Lipinski definition) is 0. The van der Waals surface area contributed by atoms with Crippen molar-refractivity contribution in [3.05, 3.63) is 103 Å². The molecule has 2 heterocycles. The van der Waals surface area contributed by atoms with Crippen molar-refractivity contribution < 1.29 is 20.6 Å². The van der Waals surface area contributed by atoms with E-state index in [1.165, 1.54) is 0 Å². The fraction of sp³-hybridized carbons (Fsp3) is 0.176. The van der Waals surface area contributed by atoms with Crippen LogP contribution in [0, 0.1) is 0 Å². The first-order valence-corrected chi connectivity index (χ1v) is 12.8. The molecule has 0 saturated carbocycles. The highest BCUT2D eigenvalue weighted by Gasteiger charge is 2.52. The van der Waals surface area contributed by atoms with Crippen molar-refractivity contribution in [1.29, 1.82) is 0 Å². The molecule has 0 amide bonds. The van der Waals surface area contributed by atoms with Crippen molar-refractivity contribution in [1.82, 2.24) is 0 Å². The van der Waals surface area contributed by atoms with Gasteiger partial charge in [-0.15, -0.1) is 0 Å². The van der Waals surface area contributed by atoms with Gasteiger partial charge in [0, 0.05) is 16.3 Å². The third-order valence-corrected chi connectivity index (χ3v) is 7.99.